The van der Waals surface area contributed by atoms with E-state index in [-0.39, 0.29) is 11.0 Å². The number of carbonyl (C=O) groups is 2. The third-order valence-electron chi connectivity index (χ3n) is 7.36. The van der Waals surface area contributed by atoms with E-state index in [0.717, 1.165) is 28.2 Å². The molecule has 3 atom stereocenters. The second-order valence-corrected chi connectivity index (χ2v) is 16.3. The number of esters is 2. The number of hydrogen-bond donors (Lipinski definition) is 0. The number of carbonyl (C=O) groups excluding carboxylic acids is 2. The lowest BCUT2D eigenvalue weighted by atomic mass is 9.87. The van der Waals surface area contributed by atoms with Crippen molar-refractivity contribution in [2.75, 3.05) is 0 Å². The number of furan rings is 1. The summed E-state index contributed by atoms with van der Waals surface area (Å²) in [7, 11) is -1.95. The van der Waals surface area contributed by atoms with Gasteiger partial charge in [-0.05, 0) is 62.5 Å². The van der Waals surface area contributed by atoms with Crippen molar-refractivity contribution in [2.45, 2.75) is 97.8 Å². The van der Waals surface area contributed by atoms with Crippen LogP contribution in [0, 0.1) is 5.92 Å². The Morgan fingerprint density at radius 3 is 2.51 bits per heavy atom. The fourth-order valence-electron chi connectivity index (χ4n) is 4.18. The van der Waals surface area contributed by atoms with Crippen LogP contribution in [0.4, 0.5) is 0 Å². The predicted octanol–water partition coefficient (Wildman–Crippen LogP) is 6.52. The van der Waals surface area contributed by atoms with Crippen molar-refractivity contribution in [3.05, 3.63) is 52.5 Å². The molecule has 192 valence electrons. The molecule has 1 aromatic rings. The molecule has 0 fully saturated rings. The van der Waals surface area contributed by atoms with Crippen LogP contribution in [0.25, 0.3) is 6.08 Å². The van der Waals surface area contributed by atoms with Crippen LogP contribution >= 0.6 is 0 Å². The molecule has 6 nitrogen and oxygen atoms in total. The van der Waals surface area contributed by atoms with Crippen molar-refractivity contribution in [1.29, 1.82) is 0 Å². The van der Waals surface area contributed by atoms with Crippen molar-refractivity contribution >= 4 is 26.3 Å². The van der Waals surface area contributed by atoms with Gasteiger partial charge in [0.15, 0.2) is 8.32 Å². The minimum atomic E-state index is -1.95. The summed E-state index contributed by atoms with van der Waals surface area (Å²) in [6.45, 7) is 21.1. The molecule has 0 N–H and O–H groups in total. The van der Waals surface area contributed by atoms with E-state index in [9.17, 15) is 9.59 Å². The maximum atomic E-state index is 12.7. The van der Waals surface area contributed by atoms with Gasteiger partial charge in [-0.2, -0.15) is 0 Å². The lowest BCUT2D eigenvalue weighted by Gasteiger charge is -2.36. The van der Waals surface area contributed by atoms with Gasteiger partial charge in [0, 0.05) is 25.3 Å². The number of hydrogen-bond acceptors (Lipinski definition) is 6. The molecule has 2 aliphatic heterocycles. The molecule has 0 amide bonds. The zero-order chi connectivity index (χ0) is 26.1. The summed E-state index contributed by atoms with van der Waals surface area (Å²) >= 11 is 0. The Morgan fingerprint density at radius 1 is 1.23 bits per heavy atom. The van der Waals surface area contributed by atoms with Crippen molar-refractivity contribution in [3.63, 3.8) is 0 Å². The van der Waals surface area contributed by atoms with Crippen LogP contribution in [-0.2, 0) is 36.5 Å². The van der Waals surface area contributed by atoms with Gasteiger partial charge in [0.1, 0.15) is 23.7 Å². The monoisotopic (exact) mass is 500 g/mol. The summed E-state index contributed by atoms with van der Waals surface area (Å²) in [5.74, 6) is 0.683. The molecular weight excluding hydrogens is 460 g/mol. The standard InChI is InChI=1S/C28H40O6Si/c1-17(2)20-13-25-21(16-31-35(8,9)28(5,6)7)12-22(33-25)10-18(3)11-23-15-24(27(30)34-23)26(14-20)32-19(4)29/h10,12,15,20,23,26H,1,11,13-14,16H2,2-9H3/b18-10+/t20-,23-,26?/m1/s1. The number of rotatable bonds is 5. The van der Waals surface area contributed by atoms with Gasteiger partial charge in [-0.3, -0.25) is 4.79 Å². The Kier molecular flexibility index (Phi) is 8.01. The highest BCUT2D eigenvalue weighted by Gasteiger charge is 2.38. The summed E-state index contributed by atoms with van der Waals surface area (Å²) in [4.78, 5) is 24.6. The largest absolute Gasteiger partial charge is 0.461 e. The molecule has 4 bridgehead atoms. The first kappa shape index (κ1) is 27.2. The normalized spacial score (nSPS) is 24.8. The quantitative estimate of drug-likeness (QED) is 0.260. The SMILES string of the molecule is C=C(C)[C@@H]1Cc2oc(cc2CO[Si](C)(C)C(C)(C)C)/C=C(\C)C[C@@H]2C=C(C(=O)O2)C(OC(C)=O)C1. The summed E-state index contributed by atoms with van der Waals surface area (Å²) < 4.78 is 24.1. The summed E-state index contributed by atoms with van der Waals surface area (Å²) in [5.41, 5.74) is 3.39. The van der Waals surface area contributed by atoms with Gasteiger partial charge in [-0.25, -0.2) is 4.79 Å². The first-order chi connectivity index (χ1) is 16.2. The molecule has 1 unspecified atom stereocenters. The Labute approximate surface area is 210 Å². The van der Waals surface area contributed by atoms with Gasteiger partial charge in [0.25, 0.3) is 0 Å². The third-order valence-corrected chi connectivity index (χ3v) is 11.8. The van der Waals surface area contributed by atoms with E-state index < -0.39 is 32.5 Å². The highest BCUT2D eigenvalue weighted by atomic mass is 28.4. The van der Waals surface area contributed by atoms with E-state index in [1.807, 2.05) is 19.9 Å². The van der Waals surface area contributed by atoms with Gasteiger partial charge in [0.2, 0.25) is 0 Å². The van der Waals surface area contributed by atoms with E-state index in [0.29, 0.717) is 31.4 Å². The van der Waals surface area contributed by atoms with Gasteiger partial charge in [0.05, 0.1) is 12.2 Å². The maximum Gasteiger partial charge on any atom is 0.338 e. The molecule has 0 saturated heterocycles. The predicted molar refractivity (Wildman–Crippen MR) is 139 cm³/mol. The summed E-state index contributed by atoms with van der Waals surface area (Å²) in [5, 5.41) is 0.101. The molecule has 3 heterocycles. The molecule has 0 radical (unpaired) electrons. The zero-order valence-corrected chi connectivity index (χ0v) is 23.4. The second-order valence-electron chi connectivity index (χ2n) is 11.5. The summed E-state index contributed by atoms with van der Waals surface area (Å²) in [6.07, 6.45) is 4.24. The van der Waals surface area contributed by atoms with Gasteiger partial charge in [-0.1, -0.05) is 38.5 Å². The lowest BCUT2D eigenvalue weighted by molar-refractivity contribution is -0.147. The Bertz CT molecular complexity index is 1050. The second kappa shape index (κ2) is 10.3. The average Bonchev–Trinajstić information content (AvgIpc) is 3.25. The van der Waals surface area contributed by atoms with Crippen LogP contribution < -0.4 is 0 Å². The molecule has 0 aromatic carbocycles. The highest BCUT2D eigenvalue weighted by Crippen LogP contribution is 2.38. The molecule has 0 spiro atoms. The first-order valence-corrected chi connectivity index (χ1v) is 15.2. The van der Waals surface area contributed by atoms with E-state index in [1.165, 1.54) is 6.92 Å². The van der Waals surface area contributed by atoms with Crippen LogP contribution in [-0.4, -0.2) is 32.5 Å². The van der Waals surface area contributed by atoms with Crippen LogP contribution in [0.1, 0.15) is 71.5 Å². The lowest BCUT2D eigenvalue weighted by Crippen LogP contribution is -2.40. The topological polar surface area (TPSA) is 75.0 Å². The van der Waals surface area contributed by atoms with Gasteiger partial charge in [-0.15, -0.1) is 0 Å². The first-order valence-electron chi connectivity index (χ1n) is 12.3. The number of allylic oxidation sites excluding steroid dienone is 1. The Balaban J connectivity index is 2.00. The van der Waals surface area contributed by atoms with Crippen molar-refractivity contribution in [1.82, 2.24) is 0 Å². The van der Waals surface area contributed by atoms with Gasteiger partial charge < -0.3 is 18.3 Å². The molecule has 3 rings (SSSR count). The maximum absolute atomic E-state index is 12.7. The molecule has 0 saturated carbocycles. The average molecular weight is 501 g/mol. The Morgan fingerprint density at radius 2 is 1.91 bits per heavy atom. The van der Waals surface area contributed by atoms with Crippen LogP contribution in [0.3, 0.4) is 0 Å². The smallest absolute Gasteiger partial charge is 0.338 e. The van der Waals surface area contributed by atoms with Crippen LogP contribution in [0.2, 0.25) is 18.1 Å². The highest BCUT2D eigenvalue weighted by molar-refractivity contribution is 6.74. The molecule has 35 heavy (non-hydrogen) atoms. The van der Waals surface area contributed by atoms with E-state index in [2.05, 4.69) is 46.5 Å². The van der Waals surface area contributed by atoms with Crippen molar-refractivity contribution < 1.29 is 27.9 Å². The molecule has 0 aliphatic carbocycles. The molecule has 2 aliphatic rings. The third kappa shape index (κ3) is 6.64. The van der Waals surface area contributed by atoms with Crippen molar-refractivity contribution in [3.8, 4) is 0 Å². The number of fused-ring (bicyclic) bond motifs is 3. The molecular formula is C28H40O6Si. The van der Waals surface area contributed by atoms with E-state index in [1.54, 1.807) is 6.08 Å². The minimum absolute atomic E-state index is 0.0662. The zero-order valence-electron chi connectivity index (χ0n) is 22.4. The van der Waals surface area contributed by atoms with Crippen LogP contribution in [0.5, 0.6) is 0 Å². The fraction of sp³-hybridized carbons (Fsp3) is 0.571. The van der Waals surface area contributed by atoms with Crippen LogP contribution in [0.15, 0.2) is 39.9 Å². The summed E-state index contributed by atoms with van der Waals surface area (Å²) in [6, 6.07) is 2.05. The number of ether oxygens (including phenoxy) is 2. The molecule has 7 heteroatoms. The fourth-order valence-corrected chi connectivity index (χ4v) is 5.13. The Hall–Kier alpha value is -2.38. The van der Waals surface area contributed by atoms with Gasteiger partial charge >= 0.3 is 11.9 Å². The minimum Gasteiger partial charge on any atom is -0.461 e. The van der Waals surface area contributed by atoms with E-state index >= 15 is 0 Å². The van der Waals surface area contributed by atoms with Crippen molar-refractivity contribution in [2.24, 2.45) is 5.92 Å². The van der Waals surface area contributed by atoms with E-state index in [4.69, 9.17) is 18.3 Å². The molecule has 1 aromatic heterocycles.